The fourth-order valence-electron chi connectivity index (χ4n) is 3.37. The van der Waals surface area contributed by atoms with E-state index >= 15 is 0 Å². The number of rotatable bonds is 9. The zero-order chi connectivity index (χ0) is 24.1. The number of halogens is 2. The average Bonchev–Trinajstić information content (AvgIpc) is 2.73. The summed E-state index contributed by atoms with van der Waals surface area (Å²) in [6.07, 6.45) is 1.34. The number of benzene rings is 2. The van der Waals surface area contributed by atoms with Gasteiger partial charge in [-0.1, -0.05) is 66.0 Å². The van der Waals surface area contributed by atoms with E-state index in [1.807, 2.05) is 31.2 Å². The summed E-state index contributed by atoms with van der Waals surface area (Å²) in [4.78, 5) is 27.4. The van der Waals surface area contributed by atoms with Crippen molar-refractivity contribution in [3.8, 4) is 0 Å². The Morgan fingerprint density at radius 2 is 1.78 bits per heavy atom. The number of likely N-dealkylation sites (N-methyl/N-ethyl adjacent to an activating group) is 1. The Bertz CT molecular complexity index is 1090. The molecule has 32 heavy (non-hydrogen) atoms. The highest BCUT2D eigenvalue weighted by atomic mass is 35.5. The van der Waals surface area contributed by atoms with E-state index < -0.39 is 28.5 Å². The number of anilines is 1. The molecule has 2 aromatic rings. The molecule has 2 amide bonds. The molecule has 1 atom stereocenters. The van der Waals surface area contributed by atoms with E-state index in [1.165, 1.54) is 24.1 Å². The maximum atomic E-state index is 13.4. The van der Waals surface area contributed by atoms with Crippen molar-refractivity contribution < 1.29 is 18.0 Å². The van der Waals surface area contributed by atoms with Crippen LogP contribution in [0.1, 0.15) is 24.5 Å². The van der Waals surface area contributed by atoms with Crippen molar-refractivity contribution in [2.45, 2.75) is 32.9 Å². The van der Waals surface area contributed by atoms with E-state index in [9.17, 15) is 18.0 Å². The molecule has 7 nitrogen and oxygen atoms in total. The van der Waals surface area contributed by atoms with E-state index in [0.29, 0.717) is 6.42 Å². The summed E-state index contributed by atoms with van der Waals surface area (Å²) >= 11 is 12.3. The molecule has 10 heteroatoms. The number of amides is 2. The molecule has 2 aromatic carbocycles. The highest BCUT2D eigenvalue weighted by Crippen LogP contribution is 2.33. The molecule has 0 bridgehead atoms. The van der Waals surface area contributed by atoms with Crippen LogP contribution in [0.15, 0.2) is 42.5 Å². The summed E-state index contributed by atoms with van der Waals surface area (Å²) in [5.41, 5.74) is 1.93. The van der Waals surface area contributed by atoms with Gasteiger partial charge in [0.2, 0.25) is 21.8 Å². The summed E-state index contributed by atoms with van der Waals surface area (Å²) in [6.45, 7) is 3.34. The van der Waals surface area contributed by atoms with Gasteiger partial charge in [0.1, 0.15) is 12.6 Å². The first-order valence-corrected chi connectivity index (χ1v) is 12.6. The molecule has 2 rings (SSSR count). The lowest BCUT2D eigenvalue weighted by molar-refractivity contribution is -0.140. The lowest BCUT2D eigenvalue weighted by Gasteiger charge is -2.32. The number of nitrogens with one attached hydrogen (secondary N) is 1. The minimum absolute atomic E-state index is 0.0240. The Kier molecular flexibility index (Phi) is 8.95. The van der Waals surface area contributed by atoms with E-state index in [2.05, 4.69) is 5.32 Å². The first kappa shape index (κ1) is 26.0. The summed E-state index contributed by atoms with van der Waals surface area (Å²) in [5, 5.41) is 2.77. The lowest BCUT2D eigenvalue weighted by Crippen LogP contribution is -2.51. The first-order valence-electron chi connectivity index (χ1n) is 9.97. The fourth-order valence-corrected chi connectivity index (χ4v) is 4.68. The molecule has 0 unspecified atom stereocenters. The van der Waals surface area contributed by atoms with Gasteiger partial charge in [0.25, 0.3) is 0 Å². The molecule has 0 saturated carbocycles. The van der Waals surface area contributed by atoms with Crippen LogP contribution in [0, 0.1) is 6.92 Å². The van der Waals surface area contributed by atoms with Gasteiger partial charge in [-0.3, -0.25) is 13.9 Å². The van der Waals surface area contributed by atoms with Crippen LogP contribution in [0.25, 0.3) is 0 Å². The SMILES string of the molecule is CC[C@@H](C(=O)NC)N(Cc1cccc(C)c1)C(=O)CN(c1cccc(Cl)c1Cl)S(C)(=O)=O. The van der Waals surface area contributed by atoms with Crippen LogP contribution in [-0.2, 0) is 26.2 Å². The van der Waals surface area contributed by atoms with Gasteiger partial charge in [-0.25, -0.2) is 8.42 Å². The molecule has 1 N–H and O–H groups in total. The quantitative estimate of drug-likeness (QED) is 0.570. The maximum Gasteiger partial charge on any atom is 0.244 e. The smallest absolute Gasteiger partial charge is 0.244 e. The van der Waals surface area contributed by atoms with Crippen LogP contribution in [-0.4, -0.2) is 51.0 Å². The van der Waals surface area contributed by atoms with Crippen LogP contribution in [0.4, 0.5) is 5.69 Å². The third kappa shape index (κ3) is 6.37. The third-order valence-corrected chi connectivity index (χ3v) is 6.88. The van der Waals surface area contributed by atoms with E-state index in [-0.39, 0.29) is 28.2 Å². The van der Waals surface area contributed by atoms with Crippen molar-refractivity contribution in [1.82, 2.24) is 10.2 Å². The number of aryl methyl sites for hydroxylation is 1. The number of carbonyl (C=O) groups is 2. The Morgan fingerprint density at radius 1 is 1.12 bits per heavy atom. The second-order valence-electron chi connectivity index (χ2n) is 7.39. The van der Waals surface area contributed by atoms with Crippen molar-refractivity contribution in [3.63, 3.8) is 0 Å². The fraction of sp³-hybridized carbons (Fsp3) is 0.364. The molecule has 174 valence electrons. The minimum atomic E-state index is -3.88. The van der Waals surface area contributed by atoms with Gasteiger partial charge < -0.3 is 10.2 Å². The Hall–Kier alpha value is -2.29. The van der Waals surface area contributed by atoms with Crippen LogP contribution in [0.3, 0.4) is 0 Å². The Morgan fingerprint density at radius 3 is 2.34 bits per heavy atom. The van der Waals surface area contributed by atoms with Gasteiger partial charge in [-0.2, -0.15) is 0 Å². The Balaban J connectivity index is 2.48. The van der Waals surface area contributed by atoms with Gasteiger partial charge in [-0.15, -0.1) is 0 Å². The molecular weight excluding hydrogens is 473 g/mol. The molecule has 0 aliphatic rings. The molecule has 0 heterocycles. The monoisotopic (exact) mass is 499 g/mol. The number of hydrogen-bond donors (Lipinski definition) is 1. The highest BCUT2D eigenvalue weighted by molar-refractivity contribution is 7.92. The van der Waals surface area contributed by atoms with Crippen LogP contribution in [0.5, 0.6) is 0 Å². The Labute approximate surface area is 199 Å². The second-order valence-corrected chi connectivity index (χ2v) is 10.1. The van der Waals surface area contributed by atoms with Crippen LogP contribution >= 0.6 is 23.2 Å². The second kappa shape index (κ2) is 11.0. The van der Waals surface area contributed by atoms with Crippen molar-refractivity contribution in [2.75, 3.05) is 24.2 Å². The lowest BCUT2D eigenvalue weighted by atomic mass is 10.1. The third-order valence-electron chi connectivity index (χ3n) is 4.95. The molecule has 0 saturated heterocycles. The van der Waals surface area contributed by atoms with Gasteiger partial charge in [0, 0.05) is 13.6 Å². The molecule has 0 fully saturated rings. The largest absolute Gasteiger partial charge is 0.357 e. The zero-order valence-corrected chi connectivity index (χ0v) is 20.8. The predicted octanol–water partition coefficient (Wildman–Crippen LogP) is 3.62. The van der Waals surface area contributed by atoms with Crippen LogP contribution in [0.2, 0.25) is 10.0 Å². The van der Waals surface area contributed by atoms with Crippen molar-refractivity contribution >= 4 is 50.7 Å². The number of carbonyl (C=O) groups excluding carboxylic acids is 2. The van der Waals surface area contributed by atoms with Gasteiger partial charge in [0.05, 0.1) is 22.0 Å². The zero-order valence-electron chi connectivity index (χ0n) is 18.4. The standard InChI is InChI=1S/C22H27Cl2N3O4S/c1-5-18(22(29)25-3)26(13-16-9-6-8-15(2)12-16)20(28)14-27(32(4,30)31)19-11-7-10-17(23)21(19)24/h6-12,18H,5,13-14H2,1-4H3,(H,25,29)/t18-/m0/s1. The van der Waals surface area contributed by atoms with Crippen LogP contribution < -0.4 is 9.62 Å². The van der Waals surface area contributed by atoms with E-state index in [4.69, 9.17) is 23.2 Å². The highest BCUT2D eigenvalue weighted by Gasteiger charge is 2.32. The van der Waals surface area contributed by atoms with Crippen molar-refractivity contribution in [1.29, 1.82) is 0 Å². The summed E-state index contributed by atoms with van der Waals surface area (Å²) < 4.78 is 26.0. The van der Waals surface area contributed by atoms with Gasteiger partial charge in [-0.05, 0) is 31.0 Å². The molecular formula is C22H27Cl2N3O4S. The van der Waals surface area contributed by atoms with Crippen molar-refractivity contribution in [3.05, 3.63) is 63.6 Å². The maximum absolute atomic E-state index is 13.4. The topological polar surface area (TPSA) is 86.8 Å². The average molecular weight is 500 g/mol. The molecule has 0 aliphatic carbocycles. The summed E-state index contributed by atoms with van der Waals surface area (Å²) in [7, 11) is -2.39. The number of sulfonamides is 1. The van der Waals surface area contributed by atoms with E-state index in [0.717, 1.165) is 21.7 Å². The van der Waals surface area contributed by atoms with Gasteiger partial charge in [0.15, 0.2) is 0 Å². The van der Waals surface area contributed by atoms with Crippen molar-refractivity contribution in [2.24, 2.45) is 0 Å². The molecule has 0 radical (unpaired) electrons. The molecule has 0 aliphatic heterocycles. The number of hydrogen-bond acceptors (Lipinski definition) is 4. The molecule has 0 aromatic heterocycles. The first-order chi connectivity index (χ1) is 15.0. The number of nitrogens with zero attached hydrogens (tertiary/aromatic N) is 2. The minimum Gasteiger partial charge on any atom is -0.357 e. The van der Waals surface area contributed by atoms with Gasteiger partial charge >= 0.3 is 0 Å². The summed E-state index contributed by atoms with van der Waals surface area (Å²) in [5.74, 6) is -0.872. The molecule has 0 spiro atoms. The normalized spacial score (nSPS) is 12.2. The predicted molar refractivity (Wildman–Crippen MR) is 129 cm³/mol. The summed E-state index contributed by atoms with van der Waals surface area (Å²) in [6, 6.07) is 11.3. The van der Waals surface area contributed by atoms with E-state index in [1.54, 1.807) is 13.0 Å².